The molecular formula is C18H22ClFN8O2. The third kappa shape index (κ3) is 4.75. The Hall–Kier alpha value is -3.02. The van der Waals surface area contributed by atoms with Gasteiger partial charge < -0.3 is 20.0 Å². The summed E-state index contributed by atoms with van der Waals surface area (Å²) in [6.45, 7) is 1.13. The van der Waals surface area contributed by atoms with E-state index in [1.54, 1.807) is 26.8 Å². The molecule has 0 aliphatic heterocycles. The molecule has 0 unspecified atom stereocenters. The van der Waals surface area contributed by atoms with E-state index in [9.17, 15) is 4.39 Å². The molecule has 0 aliphatic rings. The van der Waals surface area contributed by atoms with Crippen molar-refractivity contribution in [1.29, 1.82) is 0 Å². The fourth-order valence-corrected chi connectivity index (χ4v) is 2.89. The van der Waals surface area contributed by atoms with Gasteiger partial charge in [-0.05, 0) is 35.9 Å². The quantitative estimate of drug-likeness (QED) is 0.463. The lowest BCUT2D eigenvalue weighted by molar-refractivity contribution is 0.303. The maximum absolute atomic E-state index is 13.0. The summed E-state index contributed by atoms with van der Waals surface area (Å²) in [5.74, 6) is 0.166. The van der Waals surface area contributed by atoms with Crippen LogP contribution in [0, 0.1) is 5.82 Å². The second-order valence-electron chi connectivity index (χ2n) is 6.45. The molecule has 2 N–H and O–H groups in total. The molecule has 4 aromatic rings. The lowest BCUT2D eigenvalue weighted by Crippen LogP contribution is -2.23. The van der Waals surface area contributed by atoms with Crippen LogP contribution in [0.25, 0.3) is 11.3 Å². The number of aliphatic hydroxyl groups is 2. The van der Waals surface area contributed by atoms with Gasteiger partial charge in [-0.1, -0.05) is 0 Å². The molecule has 4 heterocycles. The van der Waals surface area contributed by atoms with Crippen LogP contribution in [-0.4, -0.2) is 79.8 Å². The van der Waals surface area contributed by atoms with E-state index in [2.05, 4.69) is 20.4 Å². The maximum Gasteiger partial charge on any atom is 0.231 e. The molecule has 160 valence electrons. The Labute approximate surface area is 176 Å². The highest BCUT2D eigenvalue weighted by Gasteiger charge is 2.10. The summed E-state index contributed by atoms with van der Waals surface area (Å²) in [5, 5.41) is 33.4. The number of hydrogen-bond acceptors (Lipinski definition) is 8. The minimum Gasteiger partial charge on any atom is -0.395 e. The SMILES string of the molecule is CN(CCO)c1ccc2nnc(Cl)n2c1.CN(CCO)c1nnc2ccc(F)cn12. The van der Waals surface area contributed by atoms with Crippen molar-refractivity contribution in [3.05, 3.63) is 47.8 Å². The van der Waals surface area contributed by atoms with Gasteiger partial charge in [-0.15, -0.1) is 20.4 Å². The second kappa shape index (κ2) is 9.65. The Balaban J connectivity index is 0.000000171. The van der Waals surface area contributed by atoms with Crippen molar-refractivity contribution in [3.63, 3.8) is 0 Å². The van der Waals surface area contributed by atoms with Crippen molar-refractivity contribution >= 4 is 34.5 Å². The first-order valence-corrected chi connectivity index (χ1v) is 9.47. The van der Waals surface area contributed by atoms with Gasteiger partial charge in [0.05, 0.1) is 18.9 Å². The highest BCUT2D eigenvalue weighted by molar-refractivity contribution is 6.28. The Bertz CT molecular complexity index is 1120. The van der Waals surface area contributed by atoms with Crippen LogP contribution < -0.4 is 9.80 Å². The van der Waals surface area contributed by atoms with E-state index in [0.717, 1.165) is 5.69 Å². The van der Waals surface area contributed by atoms with Crippen LogP contribution in [0.2, 0.25) is 5.28 Å². The zero-order chi connectivity index (χ0) is 21.7. The van der Waals surface area contributed by atoms with Gasteiger partial charge >= 0.3 is 0 Å². The predicted octanol–water partition coefficient (Wildman–Crippen LogP) is 1.11. The number of pyridine rings is 2. The average molecular weight is 437 g/mol. The van der Waals surface area contributed by atoms with Crippen molar-refractivity contribution < 1.29 is 14.6 Å². The largest absolute Gasteiger partial charge is 0.395 e. The zero-order valence-corrected chi connectivity index (χ0v) is 17.3. The fraction of sp³-hybridized carbons (Fsp3) is 0.333. The number of likely N-dealkylation sites (N-methyl/N-ethyl adjacent to an activating group) is 2. The Morgan fingerprint density at radius 2 is 1.50 bits per heavy atom. The van der Waals surface area contributed by atoms with Crippen molar-refractivity contribution in [2.75, 3.05) is 50.2 Å². The molecule has 4 aromatic heterocycles. The summed E-state index contributed by atoms with van der Waals surface area (Å²) >= 11 is 5.85. The molecule has 12 heteroatoms. The summed E-state index contributed by atoms with van der Waals surface area (Å²) in [7, 11) is 3.66. The van der Waals surface area contributed by atoms with Crippen LogP contribution in [0.1, 0.15) is 0 Å². The molecular weight excluding hydrogens is 415 g/mol. The van der Waals surface area contributed by atoms with Crippen LogP contribution in [0.5, 0.6) is 0 Å². The van der Waals surface area contributed by atoms with Crippen LogP contribution in [-0.2, 0) is 0 Å². The first-order valence-electron chi connectivity index (χ1n) is 9.09. The number of fused-ring (bicyclic) bond motifs is 2. The highest BCUT2D eigenvalue weighted by Crippen LogP contribution is 2.16. The first-order chi connectivity index (χ1) is 14.4. The molecule has 30 heavy (non-hydrogen) atoms. The summed E-state index contributed by atoms with van der Waals surface area (Å²) in [6, 6.07) is 6.64. The summed E-state index contributed by atoms with van der Waals surface area (Å²) in [4.78, 5) is 3.63. The van der Waals surface area contributed by atoms with Gasteiger partial charge in [0, 0.05) is 39.6 Å². The van der Waals surface area contributed by atoms with Gasteiger partial charge in [0.25, 0.3) is 0 Å². The van der Waals surface area contributed by atoms with Crippen LogP contribution in [0.15, 0.2) is 36.7 Å². The summed E-state index contributed by atoms with van der Waals surface area (Å²) in [6.07, 6.45) is 3.16. The van der Waals surface area contributed by atoms with Crippen molar-refractivity contribution in [2.45, 2.75) is 0 Å². The summed E-state index contributed by atoms with van der Waals surface area (Å²) in [5.41, 5.74) is 2.25. The lowest BCUT2D eigenvalue weighted by atomic mass is 10.3. The number of rotatable bonds is 6. The number of aromatic nitrogens is 6. The van der Waals surface area contributed by atoms with Crippen LogP contribution in [0.4, 0.5) is 16.0 Å². The Morgan fingerprint density at radius 1 is 0.867 bits per heavy atom. The van der Waals surface area contributed by atoms with E-state index >= 15 is 0 Å². The number of aliphatic hydroxyl groups excluding tert-OH is 2. The standard InChI is InChI=1S/C9H11ClN4O.C9H11FN4O/c1-13(4-5-15)7-2-3-8-11-12-9(10)14(8)6-7;1-13(4-5-15)9-12-11-8-3-2-7(10)6-14(8)9/h2*2-3,6,15H,4-5H2,1H3. The zero-order valence-electron chi connectivity index (χ0n) is 16.5. The van der Waals surface area contributed by atoms with Gasteiger partial charge in [0.2, 0.25) is 11.2 Å². The molecule has 0 aliphatic carbocycles. The van der Waals surface area contributed by atoms with Crippen LogP contribution in [0.3, 0.4) is 0 Å². The molecule has 4 rings (SSSR count). The van der Waals surface area contributed by atoms with Gasteiger partial charge in [0.15, 0.2) is 11.3 Å². The summed E-state index contributed by atoms with van der Waals surface area (Å²) < 4.78 is 16.2. The normalized spacial score (nSPS) is 10.9. The molecule has 0 spiro atoms. The van der Waals surface area contributed by atoms with E-state index < -0.39 is 0 Å². The molecule has 0 radical (unpaired) electrons. The first kappa shape index (κ1) is 21.7. The number of anilines is 2. The average Bonchev–Trinajstić information content (AvgIpc) is 3.32. The number of hydrogen-bond donors (Lipinski definition) is 2. The second-order valence-corrected chi connectivity index (χ2v) is 6.79. The fourth-order valence-electron chi connectivity index (χ4n) is 2.72. The van der Waals surface area contributed by atoms with E-state index in [1.807, 2.05) is 30.3 Å². The molecule has 0 fully saturated rings. The highest BCUT2D eigenvalue weighted by atomic mass is 35.5. The smallest absolute Gasteiger partial charge is 0.231 e. The van der Waals surface area contributed by atoms with E-state index in [0.29, 0.717) is 35.6 Å². The van der Waals surface area contributed by atoms with E-state index in [4.69, 9.17) is 21.8 Å². The Kier molecular flexibility index (Phi) is 6.98. The minimum atomic E-state index is -0.346. The van der Waals surface area contributed by atoms with Crippen LogP contribution >= 0.6 is 11.6 Å². The monoisotopic (exact) mass is 436 g/mol. The van der Waals surface area contributed by atoms with E-state index in [1.165, 1.54) is 12.3 Å². The van der Waals surface area contributed by atoms with Crippen molar-refractivity contribution in [2.24, 2.45) is 0 Å². The van der Waals surface area contributed by atoms with Gasteiger partial charge in [-0.2, -0.15) is 0 Å². The van der Waals surface area contributed by atoms with Gasteiger partial charge in [-0.3, -0.25) is 8.80 Å². The third-order valence-corrected chi connectivity index (χ3v) is 4.60. The van der Waals surface area contributed by atoms with Crippen molar-refractivity contribution in [1.82, 2.24) is 29.2 Å². The topological polar surface area (TPSA) is 107 Å². The Morgan fingerprint density at radius 3 is 2.23 bits per heavy atom. The molecule has 0 aromatic carbocycles. The molecule has 0 bridgehead atoms. The molecule has 10 nitrogen and oxygen atoms in total. The molecule has 0 atom stereocenters. The minimum absolute atomic E-state index is 0.0146. The molecule has 0 saturated carbocycles. The number of nitrogens with zero attached hydrogens (tertiary/aromatic N) is 8. The number of halogens is 2. The third-order valence-electron chi connectivity index (χ3n) is 4.35. The molecule has 0 amide bonds. The predicted molar refractivity (Wildman–Crippen MR) is 112 cm³/mol. The molecule has 0 saturated heterocycles. The lowest BCUT2D eigenvalue weighted by Gasteiger charge is -2.17. The van der Waals surface area contributed by atoms with E-state index in [-0.39, 0.29) is 19.0 Å². The van der Waals surface area contributed by atoms with Gasteiger partial charge in [0.1, 0.15) is 5.82 Å². The van der Waals surface area contributed by atoms with Gasteiger partial charge in [-0.25, -0.2) is 4.39 Å². The van der Waals surface area contributed by atoms with Crippen molar-refractivity contribution in [3.8, 4) is 0 Å². The maximum atomic E-state index is 13.0.